The Kier molecular flexibility index (Phi) is 6.57. The number of rotatable bonds is 5. The molecule has 0 unspecified atom stereocenters. The minimum Gasteiger partial charge on any atom is -0.290 e. The summed E-state index contributed by atoms with van der Waals surface area (Å²) in [5, 5.41) is 0. The maximum absolute atomic E-state index is 13.7. The van der Waals surface area contributed by atoms with Gasteiger partial charge in [-0.15, -0.1) is 0 Å². The molecule has 162 valence electrons. The van der Waals surface area contributed by atoms with Crippen molar-refractivity contribution in [2.24, 2.45) is 0 Å². The third-order valence-electron chi connectivity index (χ3n) is 5.71. The normalized spacial score (nSPS) is 16.9. The van der Waals surface area contributed by atoms with Gasteiger partial charge >= 0.3 is 0 Å². The van der Waals surface area contributed by atoms with E-state index in [2.05, 4.69) is 45.1 Å². The number of nitrogens with zero attached hydrogens (tertiary/aromatic N) is 2. The Morgan fingerprint density at radius 2 is 1.48 bits per heavy atom. The number of halogens is 2. The van der Waals surface area contributed by atoms with Crippen LogP contribution in [0.25, 0.3) is 0 Å². The Hall–Kier alpha value is -2.06. The molecular formula is C24H24BrFN2O2S. The van der Waals surface area contributed by atoms with Crippen LogP contribution in [-0.2, 0) is 10.0 Å². The molecule has 1 aliphatic heterocycles. The highest BCUT2D eigenvalue weighted by molar-refractivity contribution is 9.10. The van der Waals surface area contributed by atoms with E-state index < -0.39 is 15.8 Å². The third-order valence-corrected chi connectivity index (χ3v) is 8.28. The molecule has 4 nitrogen and oxygen atoms in total. The molecule has 3 aromatic carbocycles. The smallest absolute Gasteiger partial charge is 0.243 e. The van der Waals surface area contributed by atoms with Crippen LogP contribution >= 0.6 is 15.9 Å². The van der Waals surface area contributed by atoms with Gasteiger partial charge in [-0.2, -0.15) is 4.31 Å². The first-order valence-electron chi connectivity index (χ1n) is 10.2. The zero-order valence-electron chi connectivity index (χ0n) is 17.2. The minimum atomic E-state index is -3.74. The van der Waals surface area contributed by atoms with Crippen LogP contribution in [0.15, 0.2) is 82.2 Å². The third kappa shape index (κ3) is 4.75. The van der Waals surface area contributed by atoms with Crippen molar-refractivity contribution >= 4 is 26.0 Å². The molecule has 4 rings (SSSR count). The van der Waals surface area contributed by atoms with E-state index in [1.165, 1.54) is 22.0 Å². The van der Waals surface area contributed by atoms with Gasteiger partial charge in [0.05, 0.1) is 10.9 Å². The average molecular weight is 503 g/mol. The summed E-state index contributed by atoms with van der Waals surface area (Å²) in [5.74, 6) is -0.540. The van der Waals surface area contributed by atoms with Gasteiger partial charge in [-0.3, -0.25) is 4.90 Å². The van der Waals surface area contributed by atoms with E-state index in [1.54, 1.807) is 6.92 Å². The number of piperazine rings is 1. The van der Waals surface area contributed by atoms with Crippen LogP contribution < -0.4 is 0 Å². The highest BCUT2D eigenvalue weighted by Crippen LogP contribution is 2.31. The van der Waals surface area contributed by atoms with Crippen molar-refractivity contribution in [3.05, 3.63) is 99.8 Å². The largest absolute Gasteiger partial charge is 0.290 e. The van der Waals surface area contributed by atoms with E-state index in [0.29, 0.717) is 31.7 Å². The van der Waals surface area contributed by atoms with Crippen LogP contribution in [-0.4, -0.2) is 43.8 Å². The Morgan fingerprint density at radius 3 is 2.13 bits per heavy atom. The van der Waals surface area contributed by atoms with Crippen LogP contribution in [0.2, 0.25) is 0 Å². The molecule has 0 aliphatic carbocycles. The van der Waals surface area contributed by atoms with E-state index in [0.717, 1.165) is 16.1 Å². The molecule has 0 spiro atoms. The number of sulfonamides is 1. The highest BCUT2D eigenvalue weighted by Gasteiger charge is 2.33. The Labute approximate surface area is 191 Å². The lowest BCUT2D eigenvalue weighted by Crippen LogP contribution is -2.49. The van der Waals surface area contributed by atoms with E-state index >= 15 is 0 Å². The van der Waals surface area contributed by atoms with Crippen LogP contribution in [0.3, 0.4) is 0 Å². The molecule has 0 bridgehead atoms. The predicted molar refractivity (Wildman–Crippen MR) is 124 cm³/mol. The van der Waals surface area contributed by atoms with Crippen LogP contribution in [0, 0.1) is 12.7 Å². The van der Waals surface area contributed by atoms with Gasteiger partial charge in [0.15, 0.2) is 0 Å². The molecule has 1 saturated heterocycles. The molecular weight excluding hydrogens is 479 g/mol. The molecule has 31 heavy (non-hydrogen) atoms. The van der Waals surface area contributed by atoms with Crippen molar-refractivity contribution in [2.75, 3.05) is 26.2 Å². The monoisotopic (exact) mass is 502 g/mol. The SMILES string of the molecule is Cc1ccc(F)cc1S(=O)(=O)N1CCN([C@H](c2ccccc2)c2ccc(Br)cc2)CC1. The van der Waals surface area contributed by atoms with Gasteiger partial charge in [0.25, 0.3) is 0 Å². The molecule has 7 heteroatoms. The second kappa shape index (κ2) is 9.20. The van der Waals surface area contributed by atoms with Crippen LogP contribution in [0.1, 0.15) is 22.7 Å². The topological polar surface area (TPSA) is 40.6 Å². The van der Waals surface area contributed by atoms with E-state index in [-0.39, 0.29) is 10.9 Å². The molecule has 0 aromatic heterocycles. The highest BCUT2D eigenvalue weighted by atomic mass is 79.9. The van der Waals surface area contributed by atoms with Gasteiger partial charge in [-0.05, 0) is 47.9 Å². The van der Waals surface area contributed by atoms with Crippen molar-refractivity contribution in [1.29, 1.82) is 0 Å². The fourth-order valence-electron chi connectivity index (χ4n) is 4.09. The Bertz CT molecular complexity index is 1150. The van der Waals surface area contributed by atoms with Gasteiger partial charge in [0, 0.05) is 30.7 Å². The molecule has 0 N–H and O–H groups in total. The van der Waals surface area contributed by atoms with Crippen molar-refractivity contribution in [2.45, 2.75) is 17.9 Å². The van der Waals surface area contributed by atoms with E-state index in [1.807, 2.05) is 30.3 Å². The first-order chi connectivity index (χ1) is 14.9. The minimum absolute atomic E-state index is 0.0371. The summed E-state index contributed by atoms with van der Waals surface area (Å²) in [7, 11) is -3.74. The van der Waals surface area contributed by atoms with Crippen molar-refractivity contribution < 1.29 is 12.8 Å². The Morgan fingerprint density at radius 1 is 0.871 bits per heavy atom. The second-order valence-corrected chi connectivity index (χ2v) is 10.5. The fourth-order valence-corrected chi connectivity index (χ4v) is 6.01. The summed E-state index contributed by atoms with van der Waals surface area (Å²) < 4.78 is 42.5. The van der Waals surface area contributed by atoms with E-state index in [4.69, 9.17) is 0 Å². The zero-order valence-corrected chi connectivity index (χ0v) is 19.6. The summed E-state index contributed by atoms with van der Waals surface area (Å²) in [6.07, 6.45) is 0. The lowest BCUT2D eigenvalue weighted by atomic mass is 9.96. The van der Waals surface area contributed by atoms with Gasteiger partial charge < -0.3 is 0 Å². The molecule has 1 atom stereocenters. The quantitative estimate of drug-likeness (QED) is 0.493. The van der Waals surface area contributed by atoms with Gasteiger partial charge in [0.2, 0.25) is 10.0 Å². The molecule has 0 amide bonds. The molecule has 0 radical (unpaired) electrons. The van der Waals surface area contributed by atoms with Gasteiger partial charge in [0.1, 0.15) is 5.82 Å². The first kappa shape index (κ1) is 22.1. The number of benzene rings is 3. The van der Waals surface area contributed by atoms with E-state index in [9.17, 15) is 12.8 Å². The zero-order chi connectivity index (χ0) is 22.0. The van der Waals surface area contributed by atoms with Crippen molar-refractivity contribution in [3.63, 3.8) is 0 Å². The summed E-state index contributed by atoms with van der Waals surface area (Å²) in [6.45, 7) is 3.59. The Balaban J connectivity index is 1.58. The number of hydrogen-bond acceptors (Lipinski definition) is 3. The average Bonchev–Trinajstić information content (AvgIpc) is 2.78. The second-order valence-electron chi connectivity index (χ2n) is 7.71. The first-order valence-corrected chi connectivity index (χ1v) is 12.4. The molecule has 3 aromatic rings. The van der Waals surface area contributed by atoms with Crippen LogP contribution in [0.4, 0.5) is 4.39 Å². The summed E-state index contributed by atoms with van der Waals surface area (Å²) in [4.78, 5) is 2.36. The van der Waals surface area contributed by atoms with Crippen LogP contribution in [0.5, 0.6) is 0 Å². The summed E-state index contributed by atoms with van der Waals surface area (Å²) >= 11 is 3.50. The summed E-state index contributed by atoms with van der Waals surface area (Å²) in [6, 6.07) is 22.4. The lowest BCUT2D eigenvalue weighted by molar-refractivity contribution is 0.155. The van der Waals surface area contributed by atoms with Crippen molar-refractivity contribution in [3.8, 4) is 0 Å². The maximum Gasteiger partial charge on any atom is 0.243 e. The standard InChI is InChI=1S/C24H24BrFN2O2S/c1-18-7-12-22(26)17-23(18)31(29,30)28-15-13-27(14-16-28)24(19-5-3-2-4-6-19)20-8-10-21(25)11-9-20/h2-12,17,24H,13-16H2,1H3/t24-/m1/s1. The van der Waals surface area contributed by atoms with Gasteiger partial charge in [-0.25, -0.2) is 12.8 Å². The molecule has 1 heterocycles. The fraction of sp³-hybridized carbons (Fsp3) is 0.250. The molecule has 1 fully saturated rings. The van der Waals surface area contributed by atoms with Crippen molar-refractivity contribution in [1.82, 2.24) is 9.21 Å². The molecule has 1 aliphatic rings. The number of aryl methyl sites for hydroxylation is 1. The predicted octanol–water partition coefficient (Wildman–Crippen LogP) is 4.99. The number of hydrogen-bond donors (Lipinski definition) is 0. The van der Waals surface area contributed by atoms with Gasteiger partial charge in [-0.1, -0.05) is 64.5 Å². The maximum atomic E-state index is 13.7. The molecule has 0 saturated carbocycles. The summed E-state index contributed by atoms with van der Waals surface area (Å²) in [5.41, 5.74) is 2.88. The lowest BCUT2D eigenvalue weighted by Gasteiger charge is -2.39.